The molecule has 2 rings (SSSR count). The Balaban J connectivity index is 2.10. The molecule has 1 N–H and O–H groups in total. The van der Waals surface area contributed by atoms with E-state index in [4.69, 9.17) is 16.7 Å². The standard InChI is InChI=1S/C11H12ClF3N4O2/c12-10-16-7(11(13,14)15)5-8(17-10)19-3-1-18(2-4-19)6-9(20)21/h5H,1-4,6H2,(H,20,21). The van der Waals surface area contributed by atoms with E-state index in [0.29, 0.717) is 26.2 Å². The highest BCUT2D eigenvalue weighted by Gasteiger charge is 2.34. The van der Waals surface area contributed by atoms with Crippen molar-refractivity contribution in [2.45, 2.75) is 6.18 Å². The van der Waals surface area contributed by atoms with Crippen molar-refractivity contribution in [1.82, 2.24) is 14.9 Å². The summed E-state index contributed by atoms with van der Waals surface area (Å²) in [5.74, 6) is -0.842. The molecule has 21 heavy (non-hydrogen) atoms. The number of aliphatic carboxylic acids is 1. The van der Waals surface area contributed by atoms with E-state index in [0.717, 1.165) is 6.07 Å². The highest BCUT2D eigenvalue weighted by Crippen LogP contribution is 2.30. The Hall–Kier alpha value is -1.61. The lowest BCUT2D eigenvalue weighted by molar-refractivity contribution is -0.141. The van der Waals surface area contributed by atoms with Gasteiger partial charge in [-0.1, -0.05) is 0 Å². The first-order valence-electron chi connectivity index (χ1n) is 6.06. The monoisotopic (exact) mass is 324 g/mol. The SMILES string of the molecule is O=C(O)CN1CCN(c2cc(C(F)(F)F)nc(Cl)n2)CC1. The molecule has 0 amide bonds. The maximum Gasteiger partial charge on any atom is 0.433 e. The number of carboxylic acids is 1. The first kappa shape index (κ1) is 15.8. The van der Waals surface area contributed by atoms with Crippen LogP contribution < -0.4 is 4.90 Å². The molecule has 2 heterocycles. The van der Waals surface area contributed by atoms with Gasteiger partial charge in [-0.3, -0.25) is 9.69 Å². The number of rotatable bonds is 3. The van der Waals surface area contributed by atoms with Gasteiger partial charge in [-0.05, 0) is 11.6 Å². The molecule has 0 saturated carbocycles. The average Bonchev–Trinajstić information content (AvgIpc) is 2.37. The second kappa shape index (κ2) is 6.02. The summed E-state index contributed by atoms with van der Waals surface area (Å²) in [6.45, 7) is 1.51. The van der Waals surface area contributed by atoms with Crippen LogP contribution in [0.4, 0.5) is 19.0 Å². The first-order valence-corrected chi connectivity index (χ1v) is 6.44. The highest BCUT2D eigenvalue weighted by atomic mass is 35.5. The second-order valence-electron chi connectivity index (χ2n) is 4.54. The molecule has 116 valence electrons. The summed E-state index contributed by atoms with van der Waals surface area (Å²) in [5.41, 5.74) is -1.09. The van der Waals surface area contributed by atoms with E-state index in [-0.39, 0.29) is 12.4 Å². The molecule has 1 aromatic rings. The lowest BCUT2D eigenvalue weighted by Gasteiger charge is -2.34. The Bertz CT molecular complexity index is 533. The summed E-state index contributed by atoms with van der Waals surface area (Å²) in [6.07, 6.45) is -4.59. The predicted molar refractivity (Wildman–Crippen MR) is 68.3 cm³/mol. The van der Waals surface area contributed by atoms with Crippen molar-refractivity contribution in [2.75, 3.05) is 37.6 Å². The molecule has 0 bridgehead atoms. The van der Waals surface area contributed by atoms with Crippen LogP contribution in [0.2, 0.25) is 5.28 Å². The van der Waals surface area contributed by atoms with Gasteiger partial charge >= 0.3 is 12.1 Å². The minimum atomic E-state index is -4.59. The quantitative estimate of drug-likeness (QED) is 0.847. The molecule has 1 saturated heterocycles. The highest BCUT2D eigenvalue weighted by molar-refractivity contribution is 6.28. The Labute approximate surface area is 123 Å². The molecule has 1 aliphatic heterocycles. The molecule has 6 nitrogen and oxygen atoms in total. The summed E-state index contributed by atoms with van der Waals surface area (Å²) >= 11 is 5.54. The van der Waals surface area contributed by atoms with Gasteiger partial charge in [0.2, 0.25) is 5.28 Å². The predicted octanol–water partition coefficient (Wildman–Crippen LogP) is 1.36. The maximum atomic E-state index is 12.7. The summed E-state index contributed by atoms with van der Waals surface area (Å²) in [5, 5.41) is 8.23. The zero-order chi connectivity index (χ0) is 15.6. The van der Waals surface area contributed by atoms with Gasteiger partial charge in [-0.2, -0.15) is 13.2 Å². The topological polar surface area (TPSA) is 69.6 Å². The zero-order valence-corrected chi connectivity index (χ0v) is 11.5. The number of aromatic nitrogens is 2. The van der Waals surface area contributed by atoms with Crippen LogP contribution in [0.3, 0.4) is 0 Å². The lowest BCUT2D eigenvalue weighted by atomic mass is 10.3. The fraction of sp³-hybridized carbons (Fsp3) is 0.545. The van der Waals surface area contributed by atoms with E-state index >= 15 is 0 Å². The van der Waals surface area contributed by atoms with Crippen LogP contribution in [0.15, 0.2) is 6.07 Å². The number of anilines is 1. The van der Waals surface area contributed by atoms with Crippen molar-refractivity contribution in [1.29, 1.82) is 0 Å². The summed E-state index contributed by atoms with van der Waals surface area (Å²) in [7, 11) is 0. The minimum absolute atomic E-state index is 0.0911. The molecule has 1 fully saturated rings. The van der Waals surface area contributed by atoms with Gasteiger partial charge in [0, 0.05) is 32.2 Å². The van der Waals surface area contributed by atoms with Crippen LogP contribution >= 0.6 is 11.6 Å². The molecule has 0 aromatic carbocycles. The number of piperazine rings is 1. The van der Waals surface area contributed by atoms with Crippen molar-refractivity contribution in [3.63, 3.8) is 0 Å². The van der Waals surface area contributed by atoms with Gasteiger partial charge in [0.15, 0.2) is 5.69 Å². The number of carbonyl (C=O) groups is 1. The number of hydrogen-bond donors (Lipinski definition) is 1. The maximum absolute atomic E-state index is 12.7. The van der Waals surface area contributed by atoms with Crippen molar-refractivity contribution in [3.05, 3.63) is 17.0 Å². The van der Waals surface area contributed by atoms with E-state index in [9.17, 15) is 18.0 Å². The Morgan fingerprint density at radius 2 is 1.90 bits per heavy atom. The van der Waals surface area contributed by atoms with Crippen molar-refractivity contribution in [2.24, 2.45) is 0 Å². The van der Waals surface area contributed by atoms with E-state index in [1.165, 1.54) is 0 Å². The molecule has 0 radical (unpaired) electrons. The first-order chi connectivity index (χ1) is 9.75. The van der Waals surface area contributed by atoms with Gasteiger partial charge in [0.25, 0.3) is 0 Å². The van der Waals surface area contributed by atoms with Crippen LogP contribution in [-0.4, -0.2) is 58.7 Å². The third-order valence-electron chi connectivity index (χ3n) is 3.03. The van der Waals surface area contributed by atoms with E-state index in [1.807, 2.05) is 0 Å². The molecule has 0 atom stereocenters. The van der Waals surface area contributed by atoms with Gasteiger partial charge in [-0.25, -0.2) is 9.97 Å². The van der Waals surface area contributed by atoms with Crippen molar-refractivity contribution >= 4 is 23.4 Å². The number of halogens is 4. The minimum Gasteiger partial charge on any atom is -0.480 e. The van der Waals surface area contributed by atoms with Gasteiger partial charge in [-0.15, -0.1) is 0 Å². The van der Waals surface area contributed by atoms with Crippen LogP contribution in [0.1, 0.15) is 5.69 Å². The molecule has 1 aliphatic rings. The number of nitrogens with zero attached hydrogens (tertiary/aromatic N) is 4. The molecule has 10 heteroatoms. The number of alkyl halides is 3. The van der Waals surface area contributed by atoms with Gasteiger partial charge in [0.05, 0.1) is 6.54 Å². The average molecular weight is 325 g/mol. The normalized spacial score (nSPS) is 17.0. The third-order valence-corrected chi connectivity index (χ3v) is 3.20. The van der Waals surface area contributed by atoms with Gasteiger partial charge in [0.1, 0.15) is 5.82 Å². The summed E-state index contributed by atoms with van der Waals surface area (Å²) in [6, 6.07) is 0.846. The summed E-state index contributed by atoms with van der Waals surface area (Å²) in [4.78, 5) is 20.9. The Kier molecular flexibility index (Phi) is 4.52. The largest absolute Gasteiger partial charge is 0.480 e. The van der Waals surface area contributed by atoms with Crippen LogP contribution in [0.25, 0.3) is 0 Å². The fourth-order valence-corrected chi connectivity index (χ4v) is 2.22. The van der Waals surface area contributed by atoms with E-state index < -0.39 is 23.1 Å². The van der Waals surface area contributed by atoms with Crippen molar-refractivity contribution < 1.29 is 23.1 Å². The molecule has 0 spiro atoms. The molecular weight excluding hydrogens is 313 g/mol. The molecule has 0 unspecified atom stereocenters. The number of hydrogen-bond acceptors (Lipinski definition) is 5. The van der Waals surface area contributed by atoms with Crippen LogP contribution in [0.5, 0.6) is 0 Å². The Morgan fingerprint density at radius 3 is 2.43 bits per heavy atom. The summed E-state index contributed by atoms with van der Waals surface area (Å²) < 4.78 is 38.0. The molecule has 0 aliphatic carbocycles. The van der Waals surface area contributed by atoms with Gasteiger partial charge < -0.3 is 10.0 Å². The number of carboxylic acid groups (broad SMARTS) is 1. The van der Waals surface area contributed by atoms with Crippen LogP contribution in [-0.2, 0) is 11.0 Å². The second-order valence-corrected chi connectivity index (χ2v) is 4.87. The molecular formula is C11H12ClF3N4O2. The smallest absolute Gasteiger partial charge is 0.433 e. The fourth-order valence-electron chi connectivity index (χ4n) is 2.04. The lowest BCUT2D eigenvalue weighted by Crippen LogP contribution is -2.48. The third kappa shape index (κ3) is 4.18. The van der Waals surface area contributed by atoms with E-state index in [2.05, 4.69) is 9.97 Å². The van der Waals surface area contributed by atoms with Crippen molar-refractivity contribution in [3.8, 4) is 0 Å². The van der Waals surface area contributed by atoms with Crippen LogP contribution in [0, 0.1) is 0 Å². The zero-order valence-electron chi connectivity index (χ0n) is 10.8. The molecule has 1 aromatic heterocycles. The Morgan fingerprint density at radius 1 is 1.29 bits per heavy atom. The van der Waals surface area contributed by atoms with E-state index in [1.54, 1.807) is 9.80 Å².